The molecule has 4 nitrogen and oxygen atoms in total. The Kier molecular flexibility index (Phi) is 6.71. The number of thiophene rings is 1. The lowest BCUT2D eigenvalue weighted by Gasteiger charge is -2.20. The first kappa shape index (κ1) is 16.7. The van der Waals surface area contributed by atoms with Crippen LogP contribution in [0.1, 0.15) is 42.9 Å². The third kappa shape index (κ3) is 5.33. The van der Waals surface area contributed by atoms with Crippen LogP contribution in [0.5, 0.6) is 0 Å². The highest BCUT2D eigenvalue weighted by Gasteiger charge is 2.24. The zero-order valence-corrected chi connectivity index (χ0v) is 13.1. The van der Waals surface area contributed by atoms with Gasteiger partial charge in [0.05, 0.1) is 0 Å². The van der Waals surface area contributed by atoms with Crippen LogP contribution in [0, 0.1) is 12.8 Å². The molecular formula is C15H23NO3S. The molecule has 20 heavy (non-hydrogen) atoms. The van der Waals surface area contributed by atoms with Crippen molar-refractivity contribution in [2.24, 2.45) is 5.92 Å². The minimum absolute atomic E-state index is 0.0589. The van der Waals surface area contributed by atoms with Crippen molar-refractivity contribution in [3.8, 4) is 0 Å². The quantitative estimate of drug-likeness (QED) is 0.775. The summed E-state index contributed by atoms with van der Waals surface area (Å²) in [6.45, 7) is 5.82. The van der Waals surface area contributed by atoms with Crippen LogP contribution in [0.3, 0.4) is 0 Å². The topological polar surface area (TPSA) is 66.4 Å². The van der Waals surface area contributed by atoms with E-state index in [-0.39, 0.29) is 11.8 Å². The summed E-state index contributed by atoms with van der Waals surface area (Å²) >= 11 is 1.74. The van der Waals surface area contributed by atoms with Crippen molar-refractivity contribution < 1.29 is 14.7 Å². The Morgan fingerprint density at radius 3 is 2.60 bits per heavy atom. The molecule has 0 aliphatic heterocycles. The SMILES string of the molecule is CCC(C)C(NC(=O)CCCc1ccc(C)s1)C(=O)O. The van der Waals surface area contributed by atoms with Gasteiger partial charge in [0.25, 0.3) is 0 Å². The molecule has 0 aromatic carbocycles. The molecular weight excluding hydrogens is 274 g/mol. The molecule has 0 aliphatic carbocycles. The van der Waals surface area contributed by atoms with Crippen molar-refractivity contribution in [3.05, 3.63) is 21.9 Å². The van der Waals surface area contributed by atoms with Crippen LogP contribution in [0.25, 0.3) is 0 Å². The highest BCUT2D eigenvalue weighted by molar-refractivity contribution is 7.11. The molecule has 0 fully saturated rings. The number of carboxylic acid groups (broad SMARTS) is 1. The summed E-state index contributed by atoms with van der Waals surface area (Å²) in [5.41, 5.74) is 0. The fourth-order valence-electron chi connectivity index (χ4n) is 1.97. The lowest BCUT2D eigenvalue weighted by molar-refractivity contribution is -0.143. The standard InChI is InChI=1S/C15H23NO3S/c1-4-10(2)14(15(18)19)16-13(17)7-5-6-12-9-8-11(3)20-12/h8-10,14H,4-7H2,1-3H3,(H,16,17)(H,18,19). The van der Waals surface area contributed by atoms with Gasteiger partial charge in [-0.1, -0.05) is 20.3 Å². The molecule has 0 saturated heterocycles. The van der Waals surface area contributed by atoms with Crippen LogP contribution in [-0.4, -0.2) is 23.0 Å². The van der Waals surface area contributed by atoms with Crippen LogP contribution in [0.2, 0.25) is 0 Å². The third-order valence-electron chi connectivity index (χ3n) is 3.42. The summed E-state index contributed by atoms with van der Waals surface area (Å²) < 4.78 is 0. The number of hydrogen-bond donors (Lipinski definition) is 2. The van der Waals surface area contributed by atoms with Gasteiger partial charge in [-0.3, -0.25) is 4.79 Å². The van der Waals surface area contributed by atoms with E-state index in [2.05, 4.69) is 24.4 Å². The Balaban J connectivity index is 2.36. The zero-order chi connectivity index (χ0) is 15.1. The second-order valence-electron chi connectivity index (χ2n) is 5.13. The molecule has 1 heterocycles. The molecule has 0 radical (unpaired) electrons. The number of hydrogen-bond acceptors (Lipinski definition) is 3. The van der Waals surface area contributed by atoms with E-state index in [1.807, 2.05) is 13.8 Å². The van der Waals surface area contributed by atoms with Gasteiger partial charge in [0, 0.05) is 16.2 Å². The van der Waals surface area contributed by atoms with E-state index < -0.39 is 12.0 Å². The summed E-state index contributed by atoms with van der Waals surface area (Å²) in [6, 6.07) is 3.37. The number of aliphatic carboxylic acids is 1. The van der Waals surface area contributed by atoms with Gasteiger partial charge in [-0.15, -0.1) is 11.3 Å². The zero-order valence-electron chi connectivity index (χ0n) is 12.3. The first-order valence-corrected chi connectivity index (χ1v) is 7.83. The second-order valence-corrected chi connectivity index (χ2v) is 6.51. The predicted octanol–water partition coefficient (Wildman–Crippen LogP) is 2.99. The summed E-state index contributed by atoms with van der Waals surface area (Å²) in [5, 5.41) is 11.7. The van der Waals surface area contributed by atoms with Crippen LogP contribution < -0.4 is 5.32 Å². The molecule has 1 aromatic rings. The first-order valence-electron chi connectivity index (χ1n) is 7.01. The van der Waals surface area contributed by atoms with E-state index in [1.165, 1.54) is 9.75 Å². The van der Waals surface area contributed by atoms with E-state index in [9.17, 15) is 9.59 Å². The van der Waals surface area contributed by atoms with Gasteiger partial charge in [-0.2, -0.15) is 0 Å². The Morgan fingerprint density at radius 1 is 1.40 bits per heavy atom. The van der Waals surface area contributed by atoms with Gasteiger partial charge >= 0.3 is 5.97 Å². The molecule has 0 spiro atoms. The molecule has 1 rings (SSSR count). The number of carbonyl (C=O) groups excluding carboxylic acids is 1. The normalized spacial score (nSPS) is 13.8. The van der Waals surface area contributed by atoms with E-state index >= 15 is 0 Å². The van der Waals surface area contributed by atoms with Crippen molar-refractivity contribution in [1.82, 2.24) is 5.32 Å². The Hall–Kier alpha value is -1.36. The fourth-order valence-corrected chi connectivity index (χ4v) is 2.90. The molecule has 2 atom stereocenters. The Labute approximate surface area is 124 Å². The highest BCUT2D eigenvalue weighted by Crippen LogP contribution is 2.17. The molecule has 5 heteroatoms. The summed E-state index contributed by atoms with van der Waals surface area (Å²) in [5.74, 6) is -1.19. The molecule has 1 amide bonds. The van der Waals surface area contributed by atoms with Crippen molar-refractivity contribution in [2.75, 3.05) is 0 Å². The summed E-state index contributed by atoms with van der Waals surface area (Å²) in [7, 11) is 0. The first-order chi connectivity index (χ1) is 9.43. The number of carbonyl (C=O) groups is 2. The van der Waals surface area contributed by atoms with Gasteiger partial charge in [-0.05, 0) is 37.8 Å². The smallest absolute Gasteiger partial charge is 0.326 e. The minimum atomic E-state index is -0.957. The molecule has 2 N–H and O–H groups in total. The van der Waals surface area contributed by atoms with Crippen molar-refractivity contribution in [3.63, 3.8) is 0 Å². The van der Waals surface area contributed by atoms with Gasteiger partial charge in [0.15, 0.2) is 0 Å². The maximum atomic E-state index is 11.8. The van der Waals surface area contributed by atoms with Crippen LogP contribution in [-0.2, 0) is 16.0 Å². The maximum Gasteiger partial charge on any atom is 0.326 e. The van der Waals surface area contributed by atoms with Gasteiger partial charge in [0.1, 0.15) is 6.04 Å². The van der Waals surface area contributed by atoms with Crippen LogP contribution in [0.15, 0.2) is 12.1 Å². The molecule has 0 bridgehead atoms. The highest BCUT2D eigenvalue weighted by atomic mass is 32.1. The van der Waals surface area contributed by atoms with Crippen molar-refractivity contribution in [2.45, 2.75) is 52.5 Å². The molecule has 0 saturated carbocycles. The minimum Gasteiger partial charge on any atom is -0.480 e. The fraction of sp³-hybridized carbons (Fsp3) is 0.600. The van der Waals surface area contributed by atoms with Crippen molar-refractivity contribution >= 4 is 23.2 Å². The third-order valence-corrected chi connectivity index (χ3v) is 4.48. The Bertz CT molecular complexity index is 456. The van der Waals surface area contributed by atoms with Crippen LogP contribution in [0.4, 0.5) is 0 Å². The number of carboxylic acids is 1. The van der Waals surface area contributed by atoms with E-state index in [1.54, 1.807) is 11.3 Å². The number of aryl methyl sites for hydroxylation is 2. The average Bonchev–Trinajstić information content (AvgIpc) is 2.80. The average molecular weight is 297 g/mol. The molecule has 0 aliphatic rings. The molecule has 112 valence electrons. The van der Waals surface area contributed by atoms with E-state index in [0.717, 1.165) is 19.3 Å². The van der Waals surface area contributed by atoms with Crippen molar-refractivity contribution in [1.29, 1.82) is 0 Å². The number of rotatable bonds is 8. The largest absolute Gasteiger partial charge is 0.480 e. The van der Waals surface area contributed by atoms with Crippen LogP contribution >= 0.6 is 11.3 Å². The monoisotopic (exact) mass is 297 g/mol. The summed E-state index contributed by atoms with van der Waals surface area (Å²) in [6.07, 6.45) is 2.72. The van der Waals surface area contributed by atoms with Gasteiger partial charge < -0.3 is 10.4 Å². The number of nitrogens with one attached hydrogen (secondary N) is 1. The lowest BCUT2D eigenvalue weighted by atomic mass is 9.99. The Morgan fingerprint density at radius 2 is 2.10 bits per heavy atom. The predicted molar refractivity (Wildman–Crippen MR) is 81.0 cm³/mol. The van der Waals surface area contributed by atoms with E-state index in [0.29, 0.717) is 6.42 Å². The maximum absolute atomic E-state index is 11.8. The van der Waals surface area contributed by atoms with Gasteiger partial charge in [0.2, 0.25) is 5.91 Å². The van der Waals surface area contributed by atoms with E-state index in [4.69, 9.17) is 5.11 Å². The molecule has 1 aromatic heterocycles. The second kappa shape index (κ2) is 8.04. The summed E-state index contributed by atoms with van der Waals surface area (Å²) in [4.78, 5) is 25.5. The lowest BCUT2D eigenvalue weighted by Crippen LogP contribution is -2.44. The van der Waals surface area contributed by atoms with Gasteiger partial charge in [-0.25, -0.2) is 4.79 Å². The molecule has 2 unspecified atom stereocenters. The number of amides is 1.